The summed E-state index contributed by atoms with van der Waals surface area (Å²) in [6.45, 7) is 1.77. The molecule has 6 nitrogen and oxygen atoms in total. The van der Waals surface area contributed by atoms with Crippen molar-refractivity contribution in [3.05, 3.63) is 51.5 Å². The molecule has 0 unspecified atom stereocenters. The number of hydrogen-bond acceptors (Lipinski definition) is 5. The van der Waals surface area contributed by atoms with Crippen LogP contribution >= 0.6 is 11.3 Å². The van der Waals surface area contributed by atoms with Gasteiger partial charge in [-0.3, -0.25) is 4.79 Å². The molecule has 2 N–H and O–H groups in total. The minimum absolute atomic E-state index is 0.0397. The SMILES string of the molecule is Cc1ncsc1/C=C(\C#N)C(=O)Nc1ccccc1C(=O)O. The predicted octanol–water partition coefficient (Wildman–Crippen LogP) is 2.70. The molecule has 1 aromatic heterocycles. The molecule has 0 aliphatic heterocycles. The summed E-state index contributed by atoms with van der Waals surface area (Å²) in [5.74, 6) is -1.82. The van der Waals surface area contributed by atoms with Crippen LogP contribution in [-0.4, -0.2) is 22.0 Å². The standard InChI is InChI=1S/C15H11N3O3S/c1-9-13(22-8-17-9)6-10(7-16)14(19)18-12-5-3-2-4-11(12)15(20)21/h2-6,8H,1H3,(H,18,19)(H,20,21)/b10-6+. The molecule has 1 aromatic carbocycles. The number of anilines is 1. The van der Waals surface area contributed by atoms with E-state index in [0.29, 0.717) is 4.88 Å². The Hall–Kier alpha value is -2.98. The zero-order valence-corrected chi connectivity index (χ0v) is 12.3. The van der Waals surface area contributed by atoms with E-state index < -0.39 is 11.9 Å². The van der Waals surface area contributed by atoms with Gasteiger partial charge in [-0.2, -0.15) is 5.26 Å². The number of nitriles is 1. The number of carboxylic acids is 1. The first-order valence-electron chi connectivity index (χ1n) is 6.18. The molecule has 7 heteroatoms. The van der Waals surface area contributed by atoms with Crippen molar-refractivity contribution in [2.75, 3.05) is 5.32 Å². The van der Waals surface area contributed by atoms with E-state index in [1.54, 1.807) is 24.6 Å². The van der Waals surface area contributed by atoms with Crippen molar-refractivity contribution in [2.45, 2.75) is 6.92 Å². The number of nitrogens with one attached hydrogen (secondary N) is 1. The average Bonchev–Trinajstić information content (AvgIpc) is 2.90. The van der Waals surface area contributed by atoms with Crippen LogP contribution in [-0.2, 0) is 4.79 Å². The van der Waals surface area contributed by atoms with E-state index >= 15 is 0 Å². The highest BCUT2D eigenvalue weighted by molar-refractivity contribution is 7.10. The number of aromatic carboxylic acids is 1. The Bertz CT molecular complexity index is 802. The Labute approximate surface area is 130 Å². The number of hydrogen-bond donors (Lipinski definition) is 2. The lowest BCUT2D eigenvalue weighted by molar-refractivity contribution is -0.112. The first kappa shape index (κ1) is 15.4. The van der Waals surface area contributed by atoms with Crippen molar-refractivity contribution in [1.29, 1.82) is 5.26 Å². The molecule has 0 aliphatic carbocycles. The van der Waals surface area contributed by atoms with Gasteiger partial charge in [0.15, 0.2) is 0 Å². The van der Waals surface area contributed by atoms with Crippen molar-refractivity contribution in [2.24, 2.45) is 0 Å². The van der Waals surface area contributed by atoms with Crippen molar-refractivity contribution < 1.29 is 14.7 Å². The van der Waals surface area contributed by atoms with Gasteiger partial charge in [0.25, 0.3) is 5.91 Å². The molecule has 0 radical (unpaired) electrons. The topological polar surface area (TPSA) is 103 Å². The number of amides is 1. The maximum atomic E-state index is 12.1. The van der Waals surface area contributed by atoms with Gasteiger partial charge in [-0.1, -0.05) is 12.1 Å². The Balaban J connectivity index is 2.29. The molecule has 0 atom stereocenters. The lowest BCUT2D eigenvalue weighted by Crippen LogP contribution is -2.16. The van der Waals surface area contributed by atoms with Gasteiger partial charge in [0.05, 0.1) is 27.3 Å². The highest BCUT2D eigenvalue weighted by Crippen LogP contribution is 2.19. The third-order valence-corrected chi connectivity index (χ3v) is 3.71. The number of nitrogens with zero attached hydrogens (tertiary/aromatic N) is 2. The fourth-order valence-corrected chi connectivity index (χ4v) is 2.43. The van der Waals surface area contributed by atoms with Gasteiger partial charge in [-0.15, -0.1) is 11.3 Å². The summed E-state index contributed by atoms with van der Waals surface area (Å²) in [6.07, 6.45) is 1.44. The van der Waals surface area contributed by atoms with Crippen molar-refractivity contribution in [1.82, 2.24) is 4.98 Å². The van der Waals surface area contributed by atoms with Gasteiger partial charge in [-0.05, 0) is 25.1 Å². The maximum absolute atomic E-state index is 12.1. The fraction of sp³-hybridized carbons (Fsp3) is 0.0667. The third kappa shape index (κ3) is 3.37. The molecule has 110 valence electrons. The zero-order valence-electron chi connectivity index (χ0n) is 11.5. The van der Waals surface area contributed by atoms with E-state index in [4.69, 9.17) is 10.4 Å². The van der Waals surface area contributed by atoms with E-state index in [-0.39, 0.29) is 16.8 Å². The second-order valence-corrected chi connectivity index (χ2v) is 5.16. The van der Waals surface area contributed by atoms with Crippen molar-refractivity contribution in [3.8, 4) is 6.07 Å². The van der Waals surface area contributed by atoms with Crippen LogP contribution in [0.1, 0.15) is 20.9 Å². The Morgan fingerprint density at radius 1 is 1.41 bits per heavy atom. The Kier molecular flexibility index (Phi) is 4.66. The van der Waals surface area contributed by atoms with Crippen LogP contribution in [0.15, 0.2) is 35.3 Å². The number of aryl methyl sites for hydroxylation is 1. The van der Waals surface area contributed by atoms with E-state index in [1.165, 1.54) is 29.5 Å². The van der Waals surface area contributed by atoms with Crippen LogP contribution in [0.3, 0.4) is 0 Å². The summed E-state index contributed by atoms with van der Waals surface area (Å²) in [5, 5.41) is 20.7. The van der Waals surface area contributed by atoms with Crippen molar-refractivity contribution in [3.63, 3.8) is 0 Å². The second-order valence-electron chi connectivity index (χ2n) is 4.28. The van der Waals surface area contributed by atoms with Gasteiger partial charge < -0.3 is 10.4 Å². The van der Waals surface area contributed by atoms with Gasteiger partial charge >= 0.3 is 5.97 Å². The van der Waals surface area contributed by atoms with Crippen molar-refractivity contribution >= 4 is 35.0 Å². The number of para-hydroxylation sites is 1. The molecule has 0 spiro atoms. The first-order chi connectivity index (χ1) is 10.5. The summed E-state index contributed by atoms with van der Waals surface area (Å²) in [6, 6.07) is 7.82. The highest BCUT2D eigenvalue weighted by atomic mass is 32.1. The third-order valence-electron chi connectivity index (χ3n) is 2.83. The van der Waals surface area contributed by atoms with Crippen LogP contribution in [0, 0.1) is 18.3 Å². The Morgan fingerprint density at radius 2 is 2.14 bits per heavy atom. The van der Waals surface area contributed by atoms with Crippen LogP contribution in [0.2, 0.25) is 0 Å². The van der Waals surface area contributed by atoms with Gasteiger partial charge in [0.1, 0.15) is 11.6 Å². The normalized spacial score (nSPS) is 10.8. The summed E-state index contributed by atoms with van der Waals surface area (Å²) < 4.78 is 0. The number of rotatable bonds is 4. The highest BCUT2D eigenvalue weighted by Gasteiger charge is 2.15. The molecule has 0 saturated carbocycles. The van der Waals surface area contributed by atoms with Crippen LogP contribution in [0.4, 0.5) is 5.69 Å². The largest absolute Gasteiger partial charge is 0.478 e. The molecular formula is C15H11N3O3S. The molecule has 2 rings (SSSR count). The summed E-state index contributed by atoms with van der Waals surface area (Å²) in [5.41, 5.74) is 2.32. The summed E-state index contributed by atoms with van der Waals surface area (Å²) in [7, 11) is 0. The molecule has 0 fully saturated rings. The van der Waals surface area contributed by atoms with Crippen LogP contribution in [0.5, 0.6) is 0 Å². The predicted molar refractivity (Wildman–Crippen MR) is 82.5 cm³/mol. The quantitative estimate of drug-likeness (QED) is 0.667. The van der Waals surface area contributed by atoms with Gasteiger partial charge in [0.2, 0.25) is 0 Å². The number of aromatic nitrogens is 1. The zero-order chi connectivity index (χ0) is 16.1. The maximum Gasteiger partial charge on any atom is 0.337 e. The molecule has 0 bridgehead atoms. The number of carbonyl (C=O) groups excluding carboxylic acids is 1. The number of carbonyl (C=O) groups is 2. The number of benzene rings is 1. The molecule has 1 amide bonds. The summed E-state index contributed by atoms with van der Waals surface area (Å²) in [4.78, 5) is 28.0. The minimum atomic E-state index is -1.16. The molecule has 0 aliphatic rings. The average molecular weight is 313 g/mol. The van der Waals surface area contributed by atoms with Gasteiger partial charge in [-0.25, -0.2) is 9.78 Å². The van der Waals surface area contributed by atoms with E-state index in [9.17, 15) is 9.59 Å². The van der Waals surface area contributed by atoms with E-state index in [2.05, 4.69) is 10.3 Å². The monoisotopic (exact) mass is 313 g/mol. The van der Waals surface area contributed by atoms with Crippen LogP contribution < -0.4 is 5.32 Å². The van der Waals surface area contributed by atoms with E-state index in [1.807, 2.05) is 6.07 Å². The van der Waals surface area contributed by atoms with Crippen LogP contribution in [0.25, 0.3) is 6.08 Å². The number of carboxylic acid groups (broad SMARTS) is 1. The molecular weight excluding hydrogens is 302 g/mol. The summed E-state index contributed by atoms with van der Waals surface area (Å²) >= 11 is 1.31. The fourth-order valence-electron chi connectivity index (χ4n) is 1.70. The second kappa shape index (κ2) is 6.65. The molecule has 1 heterocycles. The van der Waals surface area contributed by atoms with Gasteiger partial charge in [0, 0.05) is 0 Å². The Morgan fingerprint density at radius 3 is 2.73 bits per heavy atom. The lowest BCUT2D eigenvalue weighted by atomic mass is 10.1. The smallest absolute Gasteiger partial charge is 0.337 e. The van der Waals surface area contributed by atoms with E-state index in [0.717, 1.165) is 5.69 Å². The minimum Gasteiger partial charge on any atom is -0.478 e. The lowest BCUT2D eigenvalue weighted by Gasteiger charge is -2.07. The number of thiazole rings is 1. The molecule has 22 heavy (non-hydrogen) atoms. The first-order valence-corrected chi connectivity index (χ1v) is 7.06. The molecule has 2 aromatic rings. The molecule has 0 saturated heterocycles.